The third-order valence-corrected chi connectivity index (χ3v) is 2.44. The Hall–Kier alpha value is -1.91. The fourth-order valence-electron chi connectivity index (χ4n) is 1.50. The number of methoxy groups -OCH3 is 1. The lowest BCUT2D eigenvalue weighted by molar-refractivity contribution is -0.137. The van der Waals surface area contributed by atoms with Gasteiger partial charge in [-0.3, -0.25) is 4.79 Å². The predicted octanol–water partition coefficient (Wildman–Crippen LogP) is 2.00. The molecule has 1 N–H and O–H groups in total. The predicted molar refractivity (Wildman–Crippen MR) is 69.7 cm³/mol. The van der Waals surface area contributed by atoms with Crippen LogP contribution < -0.4 is 14.4 Å². The van der Waals surface area contributed by atoms with E-state index in [2.05, 4.69) is 0 Å². The quantitative estimate of drug-likeness (QED) is 0.753. The van der Waals surface area contributed by atoms with E-state index in [1.165, 1.54) is 0 Å². The van der Waals surface area contributed by atoms with Gasteiger partial charge in [0, 0.05) is 26.6 Å². The van der Waals surface area contributed by atoms with Gasteiger partial charge in [-0.1, -0.05) is 0 Å². The maximum Gasteiger partial charge on any atom is 0.303 e. The minimum Gasteiger partial charge on any atom is -0.497 e. The van der Waals surface area contributed by atoms with Gasteiger partial charge in [0.15, 0.2) is 0 Å². The van der Waals surface area contributed by atoms with Crippen molar-refractivity contribution in [2.45, 2.75) is 12.8 Å². The van der Waals surface area contributed by atoms with Crippen molar-refractivity contribution in [2.75, 3.05) is 32.7 Å². The van der Waals surface area contributed by atoms with E-state index in [9.17, 15) is 4.79 Å². The highest BCUT2D eigenvalue weighted by Crippen LogP contribution is 2.31. The number of anilines is 1. The van der Waals surface area contributed by atoms with Gasteiger partial charge in [0.25, 0.3) is 0 Å². The first kappa shape index (κ1) is 14.2. The molecule has 0 bridgehead atoms. The van der Waals surface area contributed by atoms with Crippen molar-refractivity contribution < 1.29 is 19.4 Å². The second-order valence-electron chi connectivity index (χ2n) is 4.07. The molecular formula is C13H19NO4. The molecule has 1 rings (SSSR count). The van der Waals surface area contributed by atoms with Gasteiger partial charge in [-0.05, 0) is 18.6 Å². The van der Waals surface area contributed by atoms with Crippen LogP contribution in [0.3, 0.4) is 0 Å². The Morgan fingerprint density at radius 2 is 2.11 bits per heavy atom. The molecule has 18 heavy (non-hydrogen) atoms. The van der Waals surface area contributed by atoms with Gasteiger partial charge in [-0.15, -0.1) is 0 Å². The number of ether oxygens (including phenoxy) is 2. The van der Waals surface area contributed by atoms with Crippen LogP contribution in [0.1, 0.15) is 12.8 Å². The number of carboxylic acids is 1. The number of nitrogens with zero attached hydrogens (tertiary/aromatic N) is 1. The van der Waals surface area contributed by atoms with Gasteiger partial charge in [0.1, 0.15) is 11.5 Å². The third kappa shape index (κ3) is 4.16. The minimum atomic E-state index is -0.804. The molecule has 0 spiro atoms. The second-order valence-corrected chi connectivity index (χ2v) is 4.07. The summed E-state index contributed by atoms with van der Waals surface area (Å²) in [6.07, 6.45) is 0.613. The average Bonchev–Trinajstić information content (AvgIpc) is 2.34. The molecule has 0 aliphatic heterocycles. The van der Waals surface area contributed by atoms with Crippen LogP contribution in [-0.2, 0) is 4.79 Å². The topological polar surface area (TPSA) is 59.0 Å². The first-order valence-electron chi connectivity index (χ1n) is 5.74. The Kier molecular flexibility index (Phi) is 5.30. The van der Waals surface area contributed by atoms with Crippen molar-refractivity contribution in [1.29, 1.82) is 0 Å². The Labute approximate surface area is 107 Å². The standard InChI is InChI=1S/C13H19NO4/c1-14(2)11-9-10(17-3)6-7-12(11)18-8-4-5-13(15)16/h6-7,9H,4-5,8H2,1-3H3,(H,15,16). The smallest absolute Gasteiger partial charge is 0.303 e. The van der Waals surface area contributed by atoms with Crippen LogP contribution in [-0.4, -0.2) is 38.9 Å². The lowest BCUT2D eigenvalue weighted by atomic mass is 10.2. The van der Waals surface area contributed by atoms with Crippen LogP contribution in [0.5, 0.6) is 11.5 Å². The number of aliphatic carboxylic acids is 1. The second kappa shape index (κ2) is 6.74. The zero-order chi connectivity index (χ0) is 13.5. The Morgan fingerprint density at radius 3 is 2.67 bits per heavy atom. The zero-order valence-corrected chi connectivity index (χ0v) is 11.0. The molecule has 5 nitrogen and oxygen atoms in total. The lowest BCUT2D eigenvalue weighted by Crippen LogP contribution is -2.11. The molecule has 0 fully saturated rings. The Balaban J connectivity index is 2.66. The maximum atomic E-state index is 10.4. The number of carboxylic acid groups (broad SMARTS) is 1. The molecule has 1 aromatic rings. The van der Waals surface area contributed by atoms with E-state index in [1.54, 1.807) is 7.11 Å². The molecule has 1 aromatic carbocycles. The minimum absolute atomic E-state index is 0.119. The van der Waals surface area contributed by atoms with Crippen molar-refractivity contribution in [3.63, 3.8) is 0 Å². The van der Waals surface area contributed by atoms with Gasteiger partial charge >= 0.3 is 5.97 Å². The van der Waals surface area contributed by atoms with Crippen LogP contribution in [0.2, 0.25) is 0 Å². The summed E-state index contributed by atoms with van der Waals surface area (Å²) < 4.78 is 10.7. The van der Waals surface area contributed by atoms with E-state index < -0.39 is 5.97 Å². The summed E-state index contributed by atoms with van der Waals surface area (Å²) in [5.74, 6) is 0.684. The molecule has 0 unspecified atom stereocenters. The molecule has 100 valence electrons. The molecule has 0 heterocycles. The number of hydrogen-bond donors (Lipinski definition) is 1. The van der Waals surface area contributed by atoms with Crippen molar-refractivity contribution in [3.05, 3.63) is 18.2 Å². The number of carbonyl (C=O) groups is 1. The van der Waals surface area contributed by atoms with Gasteiger partial charge in [0.2, 0.25) is 0 Å². The summed E-state index contributed by atoms with van der Waals surface area (Å²) in [6.45, 7) is 0.388. The van der Waals surface area contributed by atoms with E-state index in [1.807, 2.05) is 37.2 Å². The van der Waals surface area contributed by atoms with E-state index in [0.29, 0.717) is 13.0 Å². The van der Waals surface area contributed by atoms with E-state index in [4.69, 9.17) is 14.6 Å². The third-order valence-electron chi connectivity index (χ3n) is 2.44. The molecule has 0 amide bonds. The number of benzene rings is 1. The van der Waals surface area contributed by atoms with Crippen LogP contribution in [0.15, 0.2) is 18.2 Å². The van der Waals surface area contributed by atoms with Crippen molar-refractivity contribution in [3.8, 4) is 11.5 Å². The SMILES string of the molecule is COc1ccc(OCCCC(=O)O)c(N(C)C)c1. The molecule has 0 saturated carbocycles. The van der Waals surface area contributed by atoms with Crippen LogP contribution in [0.4, 0.5) is 5.69 Å². The average molecular weight is 253 g/mol. The summed E-state index contributed by atoms with van der Waals surface area (Å²) in [4.78, 5) is 12.3. The van der Waals surface area contributed by atoms with Gasteiger partial charge in [0.05, 0.1) is 19.4 Å². The molecule has 0 aliphatic carbocycles. The monoisotopic (exact) mass is 253 g/mol. The Bertz CT molecular complexity index is 404. The highest BCUT2D eigenvalue weighted by molar-refractivity contribution is 5.66. The summed E-state index contributed by atoms with van der Waals surface area (Å²) in [5, 5.41) is 8.54. The van der Waals surface area contributed by atoms with E-state index in [-0.39, 0.29) is 6.42 Å². The summed E-state index contributed by atoms with van der Waals surface area (Å²) in [7, 11) is 5.44. The van der Waals surface area contributed by atoms with Gasteiger partial charge < -0.3 is 19.5 Å². The summed E-state index contributed by atoms with van der Waals surface area (Å²) in [6, 6.07) is 5.53. The highest BCUT2D eigenvalue weighted by atomic mass is 16.5. The van der Waals surface area contributed by atoms with Crippen molar-refractivity contribution in [1.82, 2.24) is 0 Å². The highest BCUT2D eigenvalue weighted by Gasteiger charge is 2.08. The molecule has 0 radical (unpaired) electrons. The fourth-order valence-corrected chi connectivity index (χ4v) is 1.50. The molecule has 0 aliphatic rings. The maximum absolute atomic E-state index is 10.4. The lowest BCUT2D eigenvalue weighted by Gasteiger charge is -2.18. The van der Waals surface area contributed by atoms with Gasteiger partial charge in [-0.2, -0.15) is 0 Å². The number of rotatable bonds is 7. The van der Waals surface area contributed by atoms with E-state index >= 15 is 0 Å². The van der Waals surface area contributed by atoms with Crippen molar-refractivity contribution >= 4 is 11.7 Å². The van der Waals surface area contributed by atoms with Gasteiger partial charge in [-0.25, -0.2) is 0 Å². The first-order chi connectivity index (χ1) is 8.54. The molecule has 0 saturated heterocycles. The first-order valence-corrected chi connectivity index (χ1v) is 5.74. The van der Waals surface area contributed by atoms with E-state index in [0.717, 1.165) is 17.2 Å². The largest absolute Gasteiger partial charge is 0.497 e. The zero-order valence-electron chi connectivity index (χ0n) is 11.0. The molecule has 0 atom stereocenters. The van der Waals surface area contributed by atoms with Crippen LogP contribution in [0, 0.1) is 0 Å². The molecule has 0 aromatic heterocycles. The fraction of sp³-hybridized carbons (Fsp3) is 0.462. The van der Waals surface area contributed by atoms with Crippen LogP contribution in [0.25, 0.3) is 0 Å². The van der Waals surface area contributed by atoms with Crippen molar-refractivity contribution in [2.24, 2.45) is 0 Å². The summed E-state index contributed by atoms with van der Waals surface area (Å²) in [5.41, 5.74) is 0.907. The normalized spacial score (nSPS) is 9.94. The molecular weight excluding hydrogens is 234 g/mol. The summed E-state index contributed by atoms with van der Waals surface area (Å²) >= 11 is 0. The Morgan fingerprint density at radius 1 is 1.39 bits per heavy atom. The molecule has 5 heteroatoms. The van der Waals surface area contributed by atoms with Crippen LogP contribution >= 0.6 is 0 Å². The number of hydrogen-bond acceptors (Lipinski definition) is 4.